The Morgan fingerprint density at radius 3 is 2.66 bits per heavy atom. The van der Waals surface area contributed by atoms with Crippen LogP contribution in [0.15, 0.2) is 90.4 Å². The van der Waals surface area contributed by atoms with E-state index in [0.29, 0.717) is 5.75 Å². The fraction of sp³-hybridized carbons (Fsp3) is 0. The van der Waals surface area contributed by atoms with Crippen LogP contribution in [-0.4, -0.2) is 15.9 Å². The van der Waals surface area contributed by atoms with E-state index in [9.17, 15) is 4.79 Å². The summed E-state index contributed by atoms with van der Waals surface area (Å²) in [5.74, 6) is 0.0249. The second-order valence-electron chi connectivity index (χ2n) is 6.07. The molecular formula is C23H17N3O2S. The Morgan fingerprint density at radius 1 is 0.966 bits per heavy atom. The molecule has 0 spiro atoms. The van der Waals surface area contributed by atoms with Gasteiger partial charge in [-0.15, -0.1) is 11.3 Å². The molecule has 0 aliphatic carbocycles. The van der Waals surface area contributed by atoms with Crippen LogP contribution in [0, 0.1) is 0 Å². The van der Waals surface area contributed by atoms with Crippen LogP contribution in [0.5, 0.6) is 5.75 Å². The first-order valence-corrected chi connectivity index (χ1v) is 9.83. The monoisotopic (exact) mass is 399 g/mol. The van der Waals surface area contributed by atoms with E-state index < -0.39 is 5.97 Å². The molecule has 0 saturated heterocycles. The Morgan fingerprint density at radius 2 is 1.83 bits per heavy atom. The Balaban J connectivity index is 1.41. The van der Waals surface area contributed by atoms with Crippen molar-refractivity contribution >= 4 is 34.2 Å². The SMILES string of the molecule is O=C(/C=C/c1ccccc1)Oc1cccc(Nc2nc(-c3ccccn3)cs2)c1. The third-order valence-electron chi connectivity index (χ3n) is 3.95. The maximum absolute atomic E-state index is 12.1. The largest absolute Gasteiger partial charge is 0.423 e. The zero-order chi connectivity index (χ0) is 19.9. The topological polar surface area (TPSA) is 64.1 Å². The molecular weight excluding hydrogens is 382 g/mol. The summed E-state index contributed by atoms with van der Waals surface area (Å²) in [7, 11) is 0. The number of hydrogen-bond donors (Lipinski definition) is 1. The Hall–Kier alpha value is -3.77. The summed E-state index contributed by atoms with van der Waals surface area (Å²) in [6, 6.07) is 22.5. The van der Waals surface area contributed by atoms with E-state index in [0.717, 1.165) is 27.8 Å². The summed E-state index contributed by atoms with van der Waals surface area (Å²) in [4.78, 5) is 20.9. The van der Waals surface area contributed by atoms with Gasteiger partial charge in [-0.05, 0) is 35.9 Å². The minimum Gasteiger partial charge on any atom is -0.423 e. The van der Waals surface area contributed by atoms with E-state index in [1.807, 2.05) is 66.0 Å². The fourth-order valence-electron chi connectivity index (χ4n) is 2.60. The predicted molar refractivity (Wildman–Crippen MR) is 116 cm³/mol. The van der Waals surface area contributed by atoms with Crippen molar-refractivity contribution in [3.63, 3.8) is 0 Å². The number of anilines is 2. The Labute approximate surface area is 172 Å². The lowest BCUT2D eigenvalue weighted by atomic mass is 10.2. The summed E-state index contributed by atoms with van der Waals surface area (Å²) in [5.41, 5.74) is 3.35. The van der Waals surface area contributed by atoms with Gasteiger partial charge in [0.25, 0.3) is 0 Å². The van der Waals surface area contributed by atoms with Gasteiger partial charge in [0.15, 0.2) is 5.13 Å². The molecule has 0 amide bonds. The van der Waals surface area contributed by atoms with Crippen molar-refractivity contribution in [2.24, 2.45) is 0 Å². The van der Waals surface area contributed by atoms with Gasteiger partial charge in [0.1, 0.15) is 11.4 Å². The first kappa shape index (κ1) is 18.6. The standard InChI is InChI=1S/C23H17N3O2S/c27-22(13-12-17-7-2-1-3-8-17)28-19-10-6-9-18(15-19)25-23-26-21(16-29-23)20-11-4-5-14-24-20/h1-16H,(H,25,26)/b13-12+. The molecule has 29 heavy (non-hydrogen) atoms. The van der Waals surface area contributed by atoms with Crippen molar-refractivity contribution in [3.05, 3.63) is 96.0 Å². The quantitative estimate of drug-likeness (QED) is 0.261. The number of hydrogen-bond acceptors (Lipinski definition) is 6. The van der Waals surface area contributed by atoms with Gasteiger partial charge < -0.3 is 10.1 Å². The van der Waals surface area contributed by atoms with Crippen LogP contribution in [0.3, 0.4) is 0 Å². The average molecular weight is 399 g/mol. The van der Waals surface area contributed by atoms with E-state index in [1.54, 1.807) is 24.4 Å². The summed E-state index contributed by atoms with van der Waals surface area (Å²) in [6.07, 6.45) is 4.88. The van der Waals surface area contributed by atoms with Gasteiger partial charge in [0.05, 0.1) is 5.69 Å². The lowest BCUT2D eigenvalue weighted by Crippen LogP contribution is -2.03. The summed E-state index contributed by atoms with van der Waals surface area (Å²) in [5, 5.41) is 5.92. The van der Waals surface area contributed by atoms with Crippen LogP contribution in [0.2, 0.25) is 0 Å². The van der Waals surface area contributed by atoms with Crippen LogP contribution < -0.4 is 10.1 Å². The van der Waals surface area contributed by atoms with Crippen molar-refractivity contribution in [3.8, 4) is 17.1 Å². The number of aromatic nitrogens is 2. The second-order valence-corrected chi connectivity index (χ2v) is 6.93. The van der Waals surface area contributed by atoms with E-state index in [1.165, 1.54) is 17.4 Å². The molecule has 0 saturated carbocycles. The Kier molecular flexibility index (Phi) is 5.73. The smallest absolute Gasteiger partial charge is 0.336 e. The molecule has 2 heterocycles. The molecule has 0 atom stereocenters. The van der Waals surface area contributed by atoms with E-state index in [-0.39, 0.29) is 0 Å². The number of thiazole rings is 1. The lowest BCUT2D eigenvalue weighted by Gasteiger charge is -2.06. The summed E-state index contributed by atoms with van der Waals surface area (Å²) >= 11 is 1.48. The van der Waals surface area contributed by atoms with Gasteiger partial charge in [-0.25, -0.2) is 9.78 Å². The molecule has 0 bridgehead atoms. The summed E-state index contributed by atoms with van der Waals surface area (Å²) in [6.45, 7) is 0. The average Bonchev–Trinajstić information content (AvgIpc) is 3.22. The van der Waals surface area contributed by atoms with Gasteiger partial charge in [-0.1, -0.05) is 42.5 Å². The molecule has 2 aromatic heterocycles. The highest BCUT2D eigenvalue weighted by Gasteiger charge is 2.07. The minimum atomic E-state index is -0.433. The molecule has 1 N–H and O–H groups in total. The predicted octanol–water partition coefficient (Wildman–Crippen LogP) is 5.57. The summed E-state index contributed by atoms with van der Waals surface area (Å²) < 4.78 is 5.40. The lowest BCUT2D eigenvalue weighted by molar-refractivity contribution is -0.128. The maximum Gasteiger partial charge on any atom is 0.336 e. The first-order chi connectivity index (χ1) is 14.3. The molecule has 0 aliphatic rings. The molecule has 4 aromatic rings. The fourth-order valence-corrected chi connectivity index (χ4v) is 3.33. The molecule has 0 fully saturated rings. The van der Waals surface area contributed by atoms with Crippen molar-refractivity contribution in [1.82, 2.24) is 9.97 Å². The number of ether oxygens (including phenoxy) is 1. The molecule has 0 unspecified atom stereocenters. The highest BCUT2D eigenvalue weighted by molar-refractivity contribution is 7.14. The van der Waals surface area contributed by atoms with Crippen LogP contribution in [0.1, 0.15) is 5.56 Å². The molecule has 2 aromatic carbocycles. The number of nitrogens with zero attached hydrogens (tertiary/aromatic N) is 2. The van der Waals surface area contributed by atoms with Crippen LogP contribution in [-0.2, 0) is 4.79 Å². The van der Waals surface area contributed by atoms with Gasteiger partial charge >= 0.3 is 5.97 Å². The third-order valence-corrected chi connectivity index (χ3v) is 4.70. The number of pyridine rings is 1. The van der Waals surface area contributed by atoms with E-state index in [4.69, 9.17) is 4.74 Å². The van der Waals surface area contributed by atoms with Crippen molar-refractivity contribution < 1.29 is 9.53 Å². The Bertz CT molecular complexity index is 1130. The third kappa shape index (κ3) is 5.15. The van der Waals surface area contributed by atoms with Gasteiger partial charge in [-0.2, -0.15) is 0 Å². The highest BCUT2D eigenvalue weighted by Crippen LogP contribution is 2.27. The number of carbonyl (C=O) groups is 1. The molecule has 142 valence electrons. The van der Waals surface area contributed by atoms with Crippen molar-refractivity contribution in [1.29, 1.82) is 0 Å². The van der Waals surface area contributed by atoms with Crippen LogP contribution in [0.25, 0.3) is 17.5 Å². The maximum atomic E-state index is 12.1. The second kappa shape index (κ2) is 8.95. The first-order valence-electron chi connectivity index (χ1n) is 8.95. The molecule has 0 aliphatic heterocycles. The zero-order valence-electron chi connectivity index (χ0n) is 15.4. The number of esters is 1. The molecule has 0 radical (unpaired) electrons. The van der Waals surface area contributed by atoms with Crippen LogP contribution >= 0.6 is 11.3 Å². The minimum absolute atomic E-state index is 0.433. The highest BCUT2D eigenvalue weighted by atomic mass is 32.1. The number of nitrogens with one attached hydrogen (secondary N) is 1. The molecule has 4 rings (SSSR count). The van der Waals surface area contributed by atoms with E-state index >= 15 is 0 Å². The molecule has 5 nitrogen and oxygen atoms in total. The van der Waals surface area contributed by atoms with E-state index in [2.05, 4.69) is 15.3 Å². The number of carbonyl (C=O) groups excluding carboxylic acids is 1. The zero-order valence-corrected chi connectivity index (χ0v) is 16.2. The van der Waals surface area contributed by atoms with Gasteiger partial charge in [-0.3, -0.25) is 4.98 Å². The van der Waals surface area contributed by atoms with Crippen LogP contribution in [0.4, 0.5) is 10.8 Å². The van der Waals surface area contributed by atoms with Crippen molar-refractivity contribution in [2.75, 3.05) is 5.32 Å². The van der Waals surface area contributed by atoms with Crippen molar-refractivity contribution in [2.45, 2.75) is 0 Å². The normalized spacial score (nSPS) is 10.8. The van der Waals surface area contributed by atoms with Gasteiger partial charge in [0.2, 0.25) is 0 Å². The number of benzene rings is 2. The van der Waals surface area contributed by atoms with Gasteiger partial charge in [0, 0.05) is 29.4 Å². The molecule has 6 heteroatoms. The number of rotatable bonds is 6.